The topological polar surface area (TPSA) is 178 Å². The Morgan fingerprint density at radius 1 is 0.875 bits per heavy atom. The molecule has 2 bridgehead atoms. The predicted molar refractivity (Wildman–Crippen MR) is 208 cm³/mol. The van der Waals surface area contributed by atoms with Gasteiger partial charge in [-0.3, -0.25) is 19.3 Å². The summed E-state index contributed by atoms with van der Waals surface area (Å²) in [4.78, 5) is 57.4. The van der Waals surface area contributed by atoms with Gasteiger partial charge in [-0.1, -0.05) is 46.8 Å². The highest BCUT2D eigenvalue weighted by molar-refractivity contribution is 6.39. The number of hydrogen-bond acceptors (Lipinski definition) is 12. The number of Topliss-reactive ketones (excluding diaryl/α,β-unsaturated/α-hetero) is 2. The Labute approximate surface area is 333 Å². The summed E-state index contributed by atoms with van der Waals surface area (Å²) in [5.41, 5.74) is 0.659. The van der Waals surface area contributed by atoms with Crippen molar-refractivity contribution in [2.45, 2.75) is 167 Å². The number of ether oxygens (including phenoxy) is 5. The molecule has 3 heterocycles. The zero-order valence-corrected chi connectivity index (χ0v) is 35.1. The number of carbonyl (C=O) groups is 4. The van der Waals surface area contributed by atoms with E-state index in [1.807, 2.05) is 19.9 Å². The molecular weight excluding hydrogens is 722 g/mol. The van der Waals surface area contributed by atoms with Crippen molar-refractivity contribution in [3.63, 3.8) is 0 Å². The van der Waals surface area contributed by atoms with Crippen LogP contribution in [-0.4, -0.2) is 120 Å². The molecule has 0 radical (unpaired) electrons. The van der Waals surface area contributed by atoms with Crippen LogP contribution in [0.15, 0.2) is 23.9 Å². The van der Waals surface area contributed by atoms with E-state index >= 15 is 0 Å². The fourth-order valence-electron chi connectivity index (χ4n) is 9.51. The first-order valence-corrected chi connectivity index (χ1v) is 20.8. The summed E-state index contributed by atoms with van der Waals surface area (Å²) in [5, 5.41) is 34.1. The third-order valence-corrected chi connectivity index (χ3v) is 13.0. The zero-order chi connectivity index (χ0) is 41.5. The Morgan fingerprint density at radius 2 is 1.52 bits per heavy atom. The van der Waals surface area contributed by atoms with Gasteiger partial charge in [0, 0.05) is 51.7 Å². The molecule has 56 heavy (non-hydrogen) atoms. The summed E-state index contributed by atoms with van der Waals surface area (Å²) < 4.78 is 29.7. The molecular formula is C43H69NO12. The SMILES string of the molecule is CCC1CC(C)CC(C)CC(OC)C2OC(O)(C(=O)C(=O)N3C=CCCC3C(=O)OC(C(C)=CC3CCC(O)C(OC)C3)C(C)C(O)CC1=O)C(C)CC2OC. The molecule has 3 N–H and O–H groups in total. The van der Waals surface area contributed by atoms with Crippen molar-refractivity contribution in [2.75, 3.05) is 21.3 Å². The fourth-order valence-corrected chi connectivity index (χ4v) is 9.51. The van der Waals surface area contributed by atoms with Crippen molar-refractivity contribution in [3.8, 4) is 0 Å². The standard InChI is InChI=1S/C43H69NO12/c1-10-30-18-24(2)17-25(3)19-36(53-8)39-37(54-9)21-27(5)43(51,56-39)40(48)41(49)44-16-12-11-13-31(44)42(50)55-38(28(6)33(46)23-34(30)47)26(4)20-29-14-15-32(45)35(22-29)52-7/h12,16,20,24-25,27-33,35-39,45-46,51H,10-11,13-15,17-19,21-23H2,1-9H3. The van der Waals surface area contributed by atoms with E-state index in [9.17, 15) is 34.5 Å². The molecule has 3 aliphatic heterocycles. The minimum Gasteiger partial charge on any atom is -0.456 e. The number of methoxy groups -OCH3 is 3. The summed E-state index contributed by atoms with van der Waals surface area (Å²) in [5.74, 6) is -7.27. The molecule has 3 fully saturated rings. The van der Waals surface area contributed by atoms with E-state index in [-0.39, 0.29) is 54.8 Å². The van der Waals surface area contributed by atoms with Crippen molar-refractivity contribution in [1.82, 2.24) is 4.90 Å². The summed E-state index contributed by atoms with van der Waals surface area (Å²) >= 11 is 0. The van der Waals surface area contributed by atoms with E-state index in [1.165, 1.54) is 20.4 Å². The van der Waals surface area contributed by atoms with Crippen LogP contribution in [0.2, 0.25) is 0 Å². The number of fused-ring (bicyclic) bond motifs is 3. The lowest BCUT2D eigenvalue weighted by molar-refractivity contribution is -0.302. The van der Waals surface area contributed by atoms with Crippen LogP contribution in [0, 0.1) is 35.5 Å². The number of esters is 1. The molecule has 0 spiro atoms. The van der Waals surface area contributed by atoms with Crippen LogP contribution in [0.5, 0.6) is 0 Å². The Hall–Kier alpha value is -2.52. The lowest BCUT2D eigenvalue weighted by atomic mass is 9.79. The van der Waals surface area contributed by atoms with Gasteiger partial charge in [0.1, 0.15) is 24.0 Å². The van der Waals surface area contributed by atoms with E-state index in [0.717, 1.165) is 11.3 Å². The van der Waals surface area contributed by atoms with Crippen molar-refractivity contribution in [2.24, 2.45) is 35.5 Å². The zero-order valence-electron chi connectivity index (χ0n) is 35.1. The molecule has 4 aliphatic rings. The molecule has 15 atom stereocenters. The van der Waals surface area contributed by atoms with Crippen LogP contribution in [0.1, 0.15) is 112 Å². The fraction of sp³-hybridized carbons (Fsp3) is 0.814. The van der Waals surface area contributed by atoms with Gasteiger partial charge in [0.2, 0.25) is 5.79 Å². The maximum Gasteiger partial charge on any atom is 0.329 e. The molecule has 318 valence electrons. The number of amides is 1. The maximum atomic E-state index is 14.3. The second-order valence-electron chi connectivity index (χ2n) is 17.3. The summed E-state index contributed by atoms with van der Waals surface area (Å²) in [6.07, 6.45) is 4.90. The van der Waals surface area contributed by atoms with Gasteiger partial charge < -0.3 is 39.0 Å². The monoisotopic (exact) mass is 791 g/mol. The lowest BCUT2D eigenvalue weighted by Crippen LogP contribution is -2.64. The number of cyclic esters (lactones) is 1. The quantitative estimate of drug-likeness (QED) is 0.193. The van der Waals surface area contributed by atoms with Gasteiger partial charge in [0.05, 0.1) is 30.5 Å². The van der Waals surface area contributed by atoms with E-state index in [0.29, 0.717) is 50.5 Å². The molecule has 15 unspecified atom stereocenters. The van der Waals surface area contributed by atoms with Gasteiger partial charge in [0.25, 0.3) is 5.78 Å². The van der Waals surface area contributed by atoms with Crippen LogP contribution < -0.4 is 0 Å². The molecule has 1 amide bonds. The number of hydrogen-bond donors (Lipinski definition) is 3. The van der Waals surface area contributed by atoms with Gasteiger partial charge in [-0.05, 0) is 94.5 Å². The molecule has 0 aromatic rings. The highest BCUT2D eigenvalue weighted by Crippen LogP contribution is 2.39. The second-order valence-corrected chi connectivity index (χ2v) is 17.3. The molecule has 0 aromatic heterocycles. The molecule has 0 aromatic carbocycles. The number of nitrogens with zero attached hydrogens (tertiary/aromatic N) is 1. The predicted octanol–water partition coefficient (Wildman–Crippen LogP) is 4.68. The molecule has 4 rings (SSSR count). The smallest absolute Gasteiger partial charge is 0.329 e. The summed E-state index contributed by atoms with van der Waals surface area (Å²) in [6, 6.07) is -1.21. The lowest BCUT2D eigenvalue weighted by Gasteiger charge is -2.46. The largest absolute Gasteiger partial charge is 0.456 e. The van der Waals surface area contributed by atoms with E-state index in [4.69, 9.17) is 23.7 Å². The van der Waals surface area contributed by atoms with Gasteiger partial charge in [0.15, 0.2) is 0 Å². The number of ketones is 2. The highest BCUT2D eigenvalue weighted by Gasteiger charge is 2.56. The normalized spacial score (nSPS) is 41.8. The van der Waals surface area contributed by atoms with Crippen molar-refractivity contribution in [1.29, 1.82) is 0 Å². The average Bonchev–Trinajstić information content (AvgIpc) is 3.18. The first-order chi connectivity index (χ1) is 26.5. The van der Waals surface area contributed by atoms with Gasteiger partial charge in [-0.15, -0.1) is 0 Å². The van der Waals surface area contributed by atoms with Gasteiger partial charge in [-0.2, -0.15) is 0 Å². The van der Waals surface area contributed by atoms with Crippen LogP contribution in [0.4, 0.5) is 0 Å². The first kappa shape index (κ1) is 46.2. The van der Waals surface area contributed by atoms with Gasteiger partial charge >= 0.3 is 11.9 Å². The minimum absolute atomic E-state index is 0.00250. The van der Waals surface area contributed by atoms with Crippen LogP contribution >= 0.6 is 0 Å². The molecule has 2 saturated heterocycles. The van der Waals surface area contributed by atoms with Crippen molar-refractivity contribution in [3.05, 3.63) is 23.9 Å². The van der Waals surface area contributed by atoms with Crippen molar-refractivity contribution >= 4 is 23.4 Å². The Balaban J connectivity index is 1.75. The number of carbonyl (C=O) groups excluding carboxylic acids is 4. The van der Waals surface area contributed by atoms with Crippen molar-refractivity contribution < 1.29 is 58.2 Å². The number of rotatable bonds is 6. The maximum absolute atomic E-state index is 14.3. The summed E-state index contributed by atoms with van der Waals surface area (Å²) in [6.45, 7) is 11.4. The molecule has 1 saturated carbocycles. The van der Waals surface area contributed by atoms with E-state index in [1.54, 1.807) is 27.0 Å². The van der Waals surface area contributed by atoms with E-state index < -0.39 is 77.9 Å². The third-order valence-electron chi connectivity index (χ3n) is 13.0. The number of aliphatic hydroxyl groups is 3. The number of aliphatic hydroxyl groups excluding tert-OH is 2. The second kappa shape index (κ2) is 20.4. The molecule has 13 nitrogen and oxygen atoms in total. The molecule has 1 aliphatic carbocycles. The van der Waals surface area contributed by atoms with Gasteiger partial charge in [-0.25, -0.2) is 4.79 Å². The first-order valence-electron chi connectivity index (χ1n) is 20.8. The summed E-state index contributed by atoms with van der Waals surface area (Å²) in [7, 11) is 4.63. The molecule has 13 heteroatoms. The number of allylic oxidation sites excluding steroid dienone is 2. The highest BCUT2D eigenvalue weighted by atomic mass is 16.7. The van der Waals surface area contributed by atoms with Crippen LogP contribution in [0.3, 0.4) is 0 Å². The third kappa shape index (κ3) is 10.7. The Bertz CT molecular complexity index is 1420. The Morgan fingerprint density at radius 3 is 2.16 bits per heavy atom. The van der Waals surface area contributed by atoms with E-state index in [2.05, 4.69) is 13.8 Å². The van der Waals surface area contributed by atoms with Crippen LogP contribution in [-0.2, 0) is 42.9 Å². The minimum atomic E-state index is -2.52. The average molecular weight is 792 g/mol. The van der Waals surface area contributed by atoms with Crippen LogP contribution in [0.25, 0.3) is 0 Å². The Kier molecular flexibility index (Phi) is 16.9.